The number of rotatable bonds is 14. The number of anilines is 1. The Labute approximate surface area is 266 Å². The Balaban J connectivity index is 1.49. The first-order valence-electron chi connectivity index (χ1n) is 16.0. The molecule has 3 aromatic rings. The zero-order valence-corrected chi connectivity index (χ0v) is 26.9. The smallest absolute Gasteiger partial charge is 0.274 e. The molecular formula is C35H45N5O5. The lowest BCUT2D eigenvalue weighted by atomic mass is 10.1. The summed E-state index contributed by atoms with van der Waals surface area (Å²) < 4.78 is 19.6. The van der Waals surface area contributed by atoms with Gasteiger partial charge in [-0.25, -0.2) is 9.97 Å². The molecule has 0 bridgehead atoms. The number of hydrogen-bond donors (Lipinski definition) is 0. The van der Waals surface area contributed by atoms with Gasteiger partial charge in [0, 0.05) is 57.3 Å². The quantitative estimate of drug-likeness (QED) is 0.129. The molecule has 1 unspecified atom stereocenters. The summed E-state index contributed by atoms with van der Waals surface area (Å²) in [4.78, 5) is 39.7. The molecule has 2 aliphatic rings. The van der Waals surface area contributed by atoms with E-state index in [1.54, 1.807) is 11.9 Å². The number of aryl methyl sites for hydroxylation is 1. The fourth-order valence-corrected chi connectivity index (χ4v) is 5.71. The number of imidazole rings is 1. The van der Waals surface area contributed by atoms with Crippen LogP contribution in [0.2, 0.25) is 0 Å². The van der Waals surface area contributed by atoms with Crippen LogP contribution in [0.4, 0.5) is 5.82 Å². The summed E-state index contributed by atoms with van der Waals surface area (Å²) >= 11 is 0. The molecule has 1 saturated heterocycles. The van der Waals surface area contributed by atoms with Gasteiger partial charge in [-0.15, -0.1) is 0 Å². The van der Waals surface area contributed by atoms with Gasteiger partial charge >= 0.3 is 0 Å². The van der Waals surface area contributed by atoms with Gasteiger partial charge in [-0.1, -0.05) is 42.5 Å². The first-order valence-corrected chi connectivity index (χ1v) is 16.0. The van der Waals surface area contributed by atoms with Crippen LogP contribution in [0.5, 0.6) is 5.88 Å². The van der Waals surface area contributed by atoms with Crippen molar-refractivity contribution in [3.63, 3.8) is 0 Å². The van der Waals surface area contributed by atoms with Crippen LogP contribution in [0.3, 0.4) is 0 Å². The number of ether oxygens (including phenoxy) is 3. The summed E-state index contributed by atoms with van der Waals surface area (Å²) in [6.45, 7) is 7.81. The Hall–Kier alpha value is -4.02. The van der Waals surface area contributed by atoms with Crippen molar-refractivity contribution >= 4 is 18.1 Å². The molecule has 10 heteroatoms. The van der Waals surface area contributed by atoms with E-state index in [9.17, 15) is 9.59 Å². The van der Waals surface area contributed by atoms with Gasteiger partial charge in [-0.3, -0.25) is 14.5 Å². The van der Waals surface area contributed by atoms with Gasteiger partial charge in [0.1, 0.15) is 11.9 Å². The Kier molecular flexibility index (Phi) is 11.0. The van der Waals surface area contributed by atoms with Crippen LogP contribution >= 0.6 is 0 Å². The number of nitrogens with zero attached hydrogens (tertiary/aromatic N) is 5. The monoisotopic (exact) mass is 615 g/mol. The highest BCUT2D eigenvalue weighted by Crippen LogP contribution is 2.33. The molecule has 0 spiro atoms. The maximum Gasteiger partial charge on any atom is 0.274 e. The average Bonchev–Trinajstić information content (AvgIpc) is 3.68. The number of hydrogen-bond acceptors (Lipinski definition) is 7. The van der Waals surface area contributed by atoms with E-state index in [1.165, 1.54) is 4.90 Å². The third-order valence-corrected chi connectivity index (χ3v) is 8.23. The molecule has 1 fully saturated rings. The SMILES string of the molecule is Cc1nc(OC2CC=CC2)ccc1-c1nc(N(C=O)C(C)C)c(C(=O)N(C)CCCOC2CCCCO2)n1Cc1ccccc1. The first kappa shape index (κ1) is 32.4. The number of pyridine rings is 1. The van der Waals surface area contributed by atoms with Crippen molar-refractivity contribution in [2.75, 3.05) is 31.7 Å². The summed E-state index contributed by atoms with van der Waals surface area (Å²) in [6, 6.07) is 13.5. The van der Waals surface area contributed by atoms with Crippen molar-refractivity contribution in [1.29, 1.82) is 0 Å². The second kappa shape index (κ2) is 15.3. The second-order valence-electron chi connectivity index (χ2n) is 12.0. The molecule has 2 aromatic heterocycles. The first-order chi connectivity index (χ1) is 21.9. The molecule has 240 valence electrons. The summed E-state index contributed by atoms with van der Waals surface area (Å²) in [5, 5.41) is 0. The third kappa shape index (κ3) is 7.99. The molecule has 1 aliphatic heterocycles. The molecule has 2 amide bonds. The van der Waals surface area contributed by atoms with E-state index in [2.05, 4.69) is 12.2 Å². The molecular weight excluding hydrogens is 570 g/mol. The standard InChI is InChI=1S/C35H45N5O5/c1-25(2)40(24-41)34-32(35(42)38(4)20-12-22-44-31-17-10-11-21-43-31)39(23-27-13-6-5-7-14-27)33(37-34)29-18-19-30(36-26(29)3)45-28-15-8-9-16-28/h5-9,13-14,18-19,24-25,28,31H,10-12,15-17,20-23H2,1-4H3. The van der Waals surface area contributed by atoms with E-state index < -0.39 is 0 Å². The van der Waals surface area contributed by atoms with E-state index in [1.807, 2.05) is 67.8 Å². The van der Waals surface area contributed by atoms with Crippen LogP contribution in [0.25, 0.3) is 11.4 Å². The Bertz CT molecular complexity index is 1460. The predicted molar refractivity (Wildman–Crippen MR) is 173 cm³/mol. The number of amides is 2. The maximum atomic E-state index is 14.3. The molecule has 1 aromatic carbocycles. The van der Waals surface area contributed by atoms with Crippen LogP contribution in [-0.4, -0.2) is 77.0 Å². The van der Waals surface area contributed by atoms with E-state index in [-0.39, 0.29) is 24.3 Å². The van der Waals surface area contributed by atoms with Gasteiger partial charge in [0.2, 0.25) is 12.3 Å². The second-order valence-corrected chi connectivity index (χ2v) is 12.0. The average molecular weight is 616 g/mol. The van der Waals surface area contributed by atoms with Crippen LogP contribution in [0.15, 0.2) is 54.6 Å². The molecule has 10 nitrogen and oxygen atoms in total. The summed E-state index contributed by atoms with van der Waals surface area (Å²) in [7, 11) is 1.78. The molecule has 45 heavy (non-hydrogen) atoms. The van der Waals surface area contributed by atoms with Gasteiger partial charge in [-0.05, 0) is 58.1 Å². The number of carbonyl (C=O) groups is 2. The molecule has 5 rings (SSSR count). The highest BCUT2D eigenvalue weighted by molar-refractivity contribution is 6.00. The van der Waals surface area contributed by atoms with Crippen molar-refractivity contribution in [1.82, 2.24) is 19.4 Å². The fourth-order valence-electron chi connectivity index (χ4n) is 5.71. The minimum Gasteiger partial charge on any atom is -0.474 e. The van der Waals surface area contributed by atoms with Crippen LogP contribution in [-0.2, 0) is 20.8 Å². The molecule has 0 N–H and O–H groups in total. The van der Waals surface area contributed by atoms with E-state index in [0.717, 1.165) is 61.9 Å². The minimum absolute atomic E-state index is 0.0852. The maximum absolute atomic E-state index is 14.3. The van der Waals surface area contributed by atoms with E-state index in [0.29, 0.717) is 49.3 Å². The van der Waals surface area contributed by atoms with Gasteiger partial charge in [0.05, 0.1) is 12.3 Å². The topological polar surface area (TPSA) is 99.0 Å². The van der Waals surface area contributed by atoms with Crippen LogP contribution < -0.4 is 9.64 Å². The largest absolute Gasteiger partial charge is 0.474 e. The van der Waals surface area contributed by atoms with Crippen LogP contribution in [0, 0.1) is 6.92 Å². The lowest BCUT2D eigenvalue weighted by Gasteiger charge is -2.25. The highest BCUT2D eigenvalue weighted by atomic mass is 16.7. The third-order valence-electron chi connectivity index (χ3n) is 8.23. The van der Waals surface area contributed by atoms with Gasteiger partial charge in [-0.2, -0.15) is 0 Å². The summed E-state index contributed by atoms with van der Waals surface area (Å²) in [5.74, 6) is 1.22. The Morgan fingerprint density at radius 2 is 1.89 bits per heavy atom. The van der Waals surface area contributed by atoms with Crippen molar-refractivity contribution in [2.24, 2.45) is 0 Å². The van der Waals surface area contributed by atoms with E-state index in [4.69, 9.17) is 24.2 Å². The highest BCUT2D eigenvalue weighted by Gasteiger charge is 2.31. The Morgan fingerprint density at radius 1 is 1.11 bits per heavy atom. The van der Waals surface area contributed by atoms with Crippen molar-refractivity contribution in [3.8, 4) is 17.3 Å². The molecule has 1 aliphatic carbocycles. The lowest BCUT2D eigenvalue weighted by molar-refractivity contribution is -0.162. The number of carbonyl (C=O) groups excluding carboxylic acids is 2. The zero-order valence-electron chi connectivity index (χ0n) is 26.9. The van der Waals surface area contributed by atoms with Crippen molar-refractivity contribution in [2.45, 2.75) is 84.3 Å². The summed E-state index contributed by atoms with van der Waals surface area (Å²) in [5.41, 5.74) is 2.84. The van der Waals surface area contributed by atoms with E-state index >= 15 is 0 Å². The van der Waals surface area contributed by atoms with Gasteiger partial charge in [0.25, 0.3) is 5.91 Å². The van der Waals surface area contributed by atoms with Gasteiger partial charge < -0.3 is 23.7 Å². The predicted octanol–water partition coefficient (Wildman–Crippen LogP) is 5.78. The van der Waals surface area contributed by atoms with Crippen LogP contribution in [0.1, 0.15) is 74.1 Å². The number of aromatic nitrogens is 3. The normalized spacial score (nSPS) is 16.7. The molecule has 0 radical (unpaired) electrons. The molecule has 1 atom stereocenters. The lowest BCUT2D eigenvalue weighted by Crippen LogP contribution is -2.35. The zero-order chi connectivity index (χ0) is 31.8. The minimum atomic E-state index is -0.222. The van der Waals surface area contributed by atoms with Crippen molar-refractivity contribution < 1.29 is 23.8 Å². The molecule has 3 heterocycles. The summed E-state index contributed by atoms with van der Waals surface area (Å²) in [6.07, 6.45) is 10.4. The number of benzene rings is 1. The van der Waals surface area contributed by atoms with Gasteiger partial charge in [0.15, 0.2) is 17.8 Å². The fraction of sp³-hybridized carbons (Fsp3) is 0.486. The Morgan fingerprint density at radius 3 is 2.56 bits per heavy atom. The van der Waals surface area contributed by atoms with Crippen molar-refractivity contribution in [3.05, 3.63) is 71.6 Å². The molecule has 0 saturated carbocycles.